The lowest BCUT2D eigenvalue weighted by Gasteiger charge is -2.25. The molecule has 2 N–H and O–H groups in total. The van der Waals surface area contributed by atoms with Crippen LogP contribution in [0.3, 0.4) is 0 Å². The molecule has 5 heteroatoms. The SMILES string of the molecule is CCCC(C)N(C)C(=O)c1c(N)cnn1CC. The first-order chi connectivity index (χ1) is 8.02. The Hall–Kier alpha value is -1.52. The number of nitrogens with zero attached hydrogens (tertiary/aromatic N) is 3. The first-order valence-electron chi connectivity index (χ1n) is 6.11. The van der Waals surface area contributed by atoms with Crippen LogP contribution in [0.15, 0.2) is 6.20 Å². The average molecular weight is 238 g/mol. The summed E-state index contributed by atoms with van der Waals surface area (Å²) in [5.74, 6) is -0.0530. The summed E-state index contributed by atoms with van der Waals surface area (Å²) in [6.07, 6.45) is 3.58. The maximum Gasteiger partial charge on any atom is 0.274 e. The van der Waals surface area contributed by atoms with Crippen molar-refractivity contribution in [3.05, 3.63) is 11.9 Å². The molecule has 0 aliphatic rings. The Kier molecular flexibility index (Phi) is 4.54. The summed E-state index contributed by atoms with van der Waals surface area (Å²) < 4.78 is 1.65. The molecule has 0 saturated carbocycles. The number of amides is 1. The van der Waals surface area contributed by atoms with Crippen molar-refractivity contribution in [3.63, 3.8) is 0 Å². The minimum Gasteiger partial charge on any atom is -0.396 e. The van der Waals surface area contributed by atoms with Gasteiger partial charge in [0.05, 0.1) is 11.9 Å². The molecule has 0 spiro atoms. The van der Waals surface area contributed by atoms with E-state index in [0.717, 1.165) is 12.8 Å². The summed E-state index contributed by atoms with van der Waals surface area (Å²) in [4.78, 5) is 14.0. The van der Waals surface area contributed by atoms with Crippen molar-refractivity contribution in [2.45, 2.75) is 46.2 Å². The van der Waals surface area contributed by atoms with Gasteiger partial charge in [-0.25, -0.2) is 0 Å². The Labute approximate surface area is 103 Å². The number of hydrogen-bond donors (Lipinski definition) is 1. The summed E-state index contributed by atoms with van der Waals surface area (Å²) in [5, 5.41) is 4.09. The second kappa shape index (κ2) is 5.70. The van der Waals surface area contributed by atoms with E-state index < -0.39 is 0 Å². The van der Waals surface area contributed by atoms with Gasteiger partial charge in [0.25, 0.3) is 5.91 Å². The normalized spacial score (nSPS) is 12.5. The van der Waals surface area contributed by atoms with Crippen LogP contribution in [0, 0.1) is 0 Å². The number of anilines is 1. The van der Waals surface area contributed by atoms with Crippen molar-refractivity contribution in [3.8, 4) is 0 Å². The van der Waals surface area contributed by atoms with Crippen LogP contribution in [0.2, 0.25) is 0 Å². The van der Waals surface area contributed by atoms with Crippen molar-refractivity contribution in [2.75, 3.05) is 12.8 Å². The maximum absolute atomic E-state index is 12.3. The second-order valence-electron chi connectivity index (χ2n) is 4.32. The van der Waals surface area contributed by atoms with Gasteiger partial charge in [0.15, 0.2) is 0 Å². The van der Waals surface area contributed by atoms with E-state index in [9.17, 15) is 4.79 Å². The number of rotatable bonds is 5. The molecule has 0 radical (unpaired) electrons. The molecule has 1 heterocycles. The van der Waals surface area contributed by atoms with Gasteiger partial charge in [-0.15, -0.1) is 0 Å². The molecular weight excluding hydrogens is 216 g/mol. The Bertz CT molecular complexity index is 386. The smallest absolute Gasteiger partial charge is 0.274 e. The predicted octanol–water partition coefficient (Wildman–Crippen LogP) is 1.75. The minimum absolute atomic E-state index is 0.0530. The van der Waals surface area contributed by atoms with Gasteiger partial charge in [0, 0.05) is 19.6 Å². The number of nitrogen functional groups attached to an aromatic ring is 1. The topological polar surface area (TPSA) is 64.2 Å². The van der Waals surface area contributed by atoms with Crippen LogP contribution >= 0.6 is 0 Å². The molecule has 1 aromatic rings. The lowest BCUT2D eigenvalue weighted by Crippen LogP contribution is -2.36. The Balaban J connectivity index is 2.91. The van der Waals surface area contributed by atoms with Crippen LogP contribution in [0.1, 0.15) is 44.1 Å². The van der Waals surface area contributed by atoms with Crippen molar-refractivity contribution in [1.29, 1.82) is 0 Å². The monoisotopic (exact) mass is 238 g/mol. The lowest BCUT2D eigenvalue weighted by molar-refractivity contribution is 0.0725. The van der Waals surface area contributed by atoms with Gasteiger partial charge in [-0.2, -0.15) is 5.10 Å². The van der Waals surface area contributed by atoms with Crippen LogP contribution in [0.5, 0.6) is 0 Å². The molecule has 1 aromatic heterocycles. The van der Waals surface area contributed by atoms with E-state index in [0.29, 0.717) is 17.9 Å². The lowest BCUT2D eigenvalue weighted by atomic mass is 10.1. The number of carbonyl (C=O) groups is 1. The summed E-state index contributed by atoms with van der Waals surface area (Å²) in [5.41, 5.74) is 6.75. The third-order valence-electron chi connectivity index (χ3n) is 3.06. The number of hydrogen-bond acceptors (Lipinski definition) is 3. The van der Waals surface area contributed by atoms with Crippen molar-refractivity contribution in [1.82, 2.24) is 14.7 Å². The molecular formula is C12H22N4O. The van der Waals surface area contributed by atoms with Crippen LogP contribution in [-0.2, 0) is 6.54 Å². The van der Waals surface area contributed by atoms with Gasteiger partial charge in [-0.05, 0) is 20.3 Å². The number of aryl methyl sites for hydroxylation is 1. The fourth-order valence-corrected chi connectivity index (χ4v) is 1.85. The van der Waals surface area contributed by atoms with Gasteiger partial charge in [-0.1, -0.05) is 13.3 Å². The number of aromatic nitrogens is 2. The second-order valence-corrected chi connectivity index (χ2v) is 4.32. The molecule has 96 valence electrons. The van der Waals surface area contributed by atoms with Crippen LogP contribution < -0.4 is 5.73 Å². The summed E-state index contributed by atoms with van der Waals surface area (Å²) >= 11 is 0. The first-order valence-corrected chi connectivity index (χ1v) is 6.11. The summed E-state index contributed by atoms with van der Waals surface area (Å²) in [7, 11) is 1.81. The van der Waals surface area contributed by atoms with Gasteiger partial charge in [0.2, 0.25) is 0 Å². The number of nitrogens with two attached hydrogens (primary N) is 1. The third kappa shape index (κ3) is 2.78. The van der Waals surface area contributed by atoms with E-state index in [1.807, 2.05) is 20.9 Å². The van der Waals surface area contributed by atoms with Crippen LogP contribution in [0.25, 0.3) is 0 Å². The van der Waals surface area contributed by atoms with Crippen molar-refractivity contribution >= 4 is 11.6 Å². The molecule has 1 atom stereocenters. The molecule has 17 heavy (non-hydrogen) atoms. The zero-order chi connectivity index (χ0) is 13.0. The van der Waals surface area contributed by atoms with Gasteiger partial charge < -0.3 is 10.6 Å². The Morgan fingerprint density at radius 2 is 2.24 bits per heavy atom. The third-order valence-corrected chi connectivity index (χ3v) is 3.06. The van der Waals surface area contributed by atoms with E-state index in [2.05, 4.69) is 12.0 Å². The quantitative estimate of drug-likeness (QED) is 0.850. The van der Waals surface area contributed by atoms with E-state index in [1.165, 1.54) is 6.20 Å². The molecule has 0 aliphatic carbocycles. The molecule has 1 rings (SSSR count). The van der Waals surface area contributed by atoms with E-state index in [4.69, 9.17) is 5.73 Å². The summed E-state index contributed by atoms with van der Waals surface area (Å²) in [6.45, 7) is 6.75. The zero-order valence-corrected chi connectivity index (χ0v) is 11.1. The van der Waals surface area contributed by atoms with E-state index in [1.54, 1.807) is 9.58 Å². The predicted molar refractivity (Wildman–Crippen MR) is 68.8 cm³/mol. The Morgan fingerprint density at radius 3 is 2.76 bits per heavy atom. The van der Waals surface area contributed by atoms with Gasteiger partial charge in [-0.3, -0.25) is 9.48 Å². The molecule has 1 unspecified atom stereocenters. The standard InChI is InChI=1S/C12H22N4O/c1-5-7-9(3)15(4)12(17)11-10(13)8-14-16(11)6-2/h8-9H,5-7,13H2,1-4H3. The van der Waals surface area contributed by atoms with Crippen LogP contribution in [0.4, 0.5) is 5.69 Å². The highest BCUT2D eigenvalue weighted by atomic mass is 16.2. The van der Waals surface area contributed by atoms with E-state index in [-0.39, 0.29) is 11.9 Å². The van der Waals surface area contributed by atoms with Gasteiger partial charge >= 0.3 is 0 Å². The molecule has 5 nitrogen and oxygen atoms in total. The largest absolute Gasteiger partial charge is 0.396 e. The van der Waals surface area contributed by atoms with E-state index >= 15 is 0 Å². The molecule has 0 bridgehead atoms. The van der Waals surface area contributed by atoms with Crippen LogP contribution in [-0.4, -0.2) is 33.7 Å². The fourth-order valence-electron chi connectivity index (χ4n) is 1.85. The molecule has 0 aromatic carbocycles. The molecule has 1 amide bonds. The Morgan fingerprint density at radius 1 is 1.59 bits per heavy atom. The maximum atomic E-state index is 12.3. The highest BCUT2D eigenvalue weighted by molar-refractivity contribution is 5.97. The summed E-state index contributed by atoms with van der Waals surface area (Å²) in [6, 6.07) is 0.215. The van der Waals surface area contributed by atoms with Crippen molar-refractivity contribution in [2.24, 2.45) is 0 Å². The van der Waals surface area contributed by atoms with Gasteiger partial charge in [0.1, 0.15) is 5.69 Å². The number of carbonyl (C=O) groups excluding carboxylic acids is 1. The minimum atomic E-state index is -0.0530. The highest BCUT2D eigenvalue weighted by Gasteiger charge is 2.22. The molecule has 0 fully saturated rings. The van der Waals surface area contributed by atoms with Crippen molar-refractivity contribution < 1.29 is 4.79 Å². The average Bonchev–Trinajstić information content (AvgIpc) is 2.68. The fraction of sp³-hybridized carbons (Fsp3) is 0.667. The molecule has 0 saturated heterocycles. The zero-order valence-electron chi connectivity index (χ0n) is 11.1. The highest BCUT2D eigenvalue weighted by Crippen LogP contribution is 2.15. The first kappa shape index (κ1) is 13.5. The molecule has 0 aliphatic heterocycles.